The summed E-state index contributed by atoms with van der Waals surface area (Å²) in [6.07, 6.45) is 0. The Balaban J connectivity index is 2.03. The highest BCUT2D eigenvalue weighted by atomic mass is 32.2. The number of amides is 1. The maximum Gasteiger partial charge on any atom is 0.353 e. The minimum Gasteiger partial charge on any atom is -0.477 e. The van der Waals surface area contributed by atoms with Gasteiger partial charge in [-0.05, 0) is 29.1 Å². The Kier molecular flexibility index (Phi) is 3.42. The van der Waals surface area contributed by atoms with E-state index in [1.165, 1.54) is 21.3 Å². The van der Waals surface area contributed by atoms with Crippen molar-refractivity contribution in [2.45, 2.75) is 28.7 Å². The molecule has 1 fully saturated rings. The summed E-state index contributed by atoms with van der Waals surface area (Å²) < 4.78 is 1.45. The van der Waals surface area contributed by atoms with E-state index < -0.39 is 12.0 Å². The number of carboxylic acids is 1. The van der Waals surface area contributed by atoms with E-state index in [0.717, 1.165) is 11.8 Å². The van der Waals surface area contributed by atoms with Gasteiger partial charge >= 0.3 is 5.97 Å². The van der Waals surface area contributed by atoms with Crippen LogP contribution in [-0.4, -0.2) is 58.8 Å². The minimum atomic E-state index is -1.15. The summed E-state index contributed by atoms with van der Waals surface area (Å²) in [6, 6.07) is -0.644. The van der Waals surface area contributed by atoms with Crippen LogP contribution in [0.1, 0.15) is 6.92 Å². The van der Waals surface area contributed by atoms with Gasteiger partial charge in [-0.1, -0.05) is 0 Å². The van der Waals surface area contributed by atoms with Crippen LogP contribution in [0.25, 0.3) is 0 Å². The highest BCUT2D eigenvalue weighted by molar-refractivity contribution is 8.06. The number of carbonyl (C=O) groups excluding carboxylic acids is 1. The Bertz CT molecular complexity index is 659. The number of rotatable bonds is 3. The van der Waals surface area contributed by atoms with Gasteiger partial charge in [0.25, 0.3) is 0 Å². The largest absolute Gasteiger partial charge is 0.477 e. The standard InChI is InChI=1S/C10H12N6O3S2/c1-3-6(21-10-12-13-14-15(10)2)5(9(18)19)16-7(17)4(11)8(16)20-3/h3-4,8H,11H2,1-2H3,(H,18,19)/t3?,4?,8-/m1/s1. The van der Waals surface area contributed by atoms with Crippen molar-refractivity contribution in [2.24, 2.45) is 12.8 Å². The van der Waals surface area contributed by atoms with Crippen LogP contribution in [0.5, 0.6) is 0 Å². The first-order valence-electron chi connectivity index (χ1n) is 6.03. The Morgan fingerprint density at radius 3 is 2.81 bits per heavy atom. The molecule has 0 radical (unpaired) electrons. The third-order valence-corrected chi connectivity index (χ3v) is 6.13. The first-order valence-corrected chi connectivity index (χ1v) is 7.79. The maximum absolute atomic E-state index is 11.9. The molecule has 9 nitrogen and oxygen atoms in total. The smallest absolute Gasteiger partial charge is 0.353 e. The summed E-state index contributed by atoms with van der Waals surface area (Å²) in [4.78, 5) is 25.3. The monoisotopic (exact) mass is 328 g/mol. The molecule has 11 heteroatoms. The van der Waals surface area contributed by atoms with E-state index in [9.17, 15) is 14.7 Å². The van der Waals surface area contributed by atoms with Crippen molar-refractivity contribution in [1.29, 1.82) is 0 Å². The van der Waals surface area contributed by atoms with Crippen molar-refractivity contribution in [3.63, 3.8) is 0 Å². The van der Waals surface area contributed by atoms with Crippen molar-refractivity contribution in [1.82, 2.24) is 25.1 Å². The molecule has 1 saturated heterocycles. The number of aliphatic carboxylic acids is 1. The number of carbonyl (C=O) groups is 2. The fraction of sp³-hybridized carbons (Fsp3) is 0.500. The van der Waals surface area contributed by atoms with E-state index in [1.807, 2.05) is 6.92 Å². The summed E-state index contributed by atoms with van der Waals surface area (Å²) in [7, 11) is 1.66. The number of hydrogen-bond acceptors (Lipinski definition) is 8. The average molecular weight is 328 g/mol. The molecule has 0 aliphatic carbocycles. The minimum absolute atomic E-state index is 0.0223. The van der Waals surface area contributed by atoms with E-state index in [2.05, 4.69) is 15.5 Å². The Morgan fingerprint density at radius 2 is 2.24 bits per heavy atom. The number of carboxylic acid groups (broad SMARTS) is 1. The number of β-lactam (4-membered cyclic amide) rings is 1. The summed E-state index contributed by atoms with van der Waals surface area (Å²) in [5.41, 5.74) is 5.71. The zero-order chi connectivity index (χ0) is 15.3. The Labute approximate surface area is 127 Å². The van der Waals surface area contributed by atoms with E-state index in [-0.39, 0.29) is 22.2 Å². The van der Waals surface area contributed by atoms with Crippen LogP contribution in [0, 0.1) is 0 Å². The molecule has 0 spiro atoms. The van der Waals surface area contributed by atoms with Gasteiger partial charge in [-0.2, -0.15) is 0 Å². The number of thioether (sulfide) groups is 2. The van der Waals surface area contributed by atoms with Gasteiger partial charge < -0.3 is 10.8 Å². The third kappa shape index (κ3) is 2.12. The van der Waals surface area contributed by atoms with Crippen LogP contribution in [0.4, 0.5) is 0 Å². The number of tetrazole rings is 1. The van der Waals surface area contributed by atoms with Gasteiger partial charge in [0.05, 0.1) is 0 Å². The second kappa shape index (κ2) is 5.00. The molecule has 1 aromatic heterocycles. The molecule has 3 N–H and O–H groups in total. The van der Waals surface area contributed by atoms with Crippen molar-refractivity contribution in [2.75, 3.05) is 0 Å². The molecular formula is C10H12N6O3S2. The molecule has 0 saturated carbocycles. The summed E-state index contributed by atoms with van der Waals surface area (Å²) in [5.74, 6) is -1.52. The van der Waals surface area contributed by atoms with E-state index in [4.69, 9.17) is 5.73 Å². The summed E-state index contributed by atoms with van der Waals surface area (Å²) in [5, 5.41) is 20.6. The lowest BCUT2D eigenvalue weighted by atomic mass is 10.1. The van der Waals surface area contributed by atoms with Gasteiger partial charge in [0.1, 0.15) is 17.1 Å². The van der Waals surface area contributed by atoms with Gasteiger partial charge in [-0.25, -0.2) is 9.48 Å². The third-order valence-electron chi connectivity index (χ3n) is 3.26. The first kappa shape index (κ1) is 14.4. The molecule has 1 amide bonds. The Hall–Kier alpha value is -1.59. The fourth-order valence-electron chi connectivity index (χ4n) is 2.20. The van der Waals surface area contributed by atoms with Crippen molar-refractivity contribution in [3.05, 3.63) is 10.6 Å². The van der Waals surface area contributed by atoms with Crippen LogP contribution in [0.2, 0.25) is 0 Å². The topological polar surface area (TPSA) is 127 Å². The van der Waals surface area contributed by atoms with Gasteiger partial charge in [-0.3, -0.25) is 9.69 Å². The van der Waals surface area contributed by atoms with Gasteiger partial charge in [0.2, 0.25) is 11.1 Å². The zero-order valence-electron chi connectivity index (χ0n) is 11.1. The second-order valence-corrected chi connectivity index (χ2v) is 7.08. The van der Waals surface area contributed by atoms with Crippen molar-refractivity contribution >= 4 is 35.4 Å². The molecule has 21 heavy (non-hydrogen) atoms. The molecular weight excluding hydrogens is 316 g/mol. The maximum atomic E-state index is 11.9. The summed E-state index contributed by atoms with van der Waals surface area (Å²) >= 11 is 2.62. The second-order valence-electron chi connectivity index (χ2n) is 4.61. The van der Waals surface area contributed by atoms with Crippen LogP contribution < -0.4 is 5.73 Å². The molecule has 3 heterocycles. The lowest BCUT2D eigenvalue weighted by Crippen LogP contribution is -2.68. The molecule has 0 aromatic carbocycles. The molecule has 3 rings (SSSR count). The SMILES string of the molecule is CC1S[C@@H]2C(N)C(=O)N2C(C(=O)O)=C1Sc1nnnn1C. The number of nitrogens with zero attached hydrogens (tertiary/aromatic N) is 5. The fourth-order valence-corrected chi connectivity index (χ4v) is 4.67. The van der Waals surface area contributed by atoms with Crippen LogP contribution in [0.15, 0.2) is 15.8 Å². The molecule has 2 unspecified atom stereocenters. The number of aromatic nitrogens is 4. The lowest BCUT2D eigenvalue weighted by Gasteiger charge is -2.49. The predicted molar refractivity (Wildman–Crippen MR) is 75.0 cm³/mol. The van der Waals surface area contributed by atoms with Gasteiger partial charge in [0.15, 0.2) is 0 Å². The van der Waals surface area contributed by atoms with E-state index >= 15 is 0 Å². The molecule has 0 bridgehead atoms. The van der Waals surface area contributed by atoms with E-state index in [1.54, 1.807) is 7.05 Å². The van der Waals surface area contributed by atoms with Crippen LogP contribution >= 0.6 is 23.5 Å². The van der Waals surface area contributed by atoms with Crippen molar-refractivity contribution in [3.8, 4) is 0 Å². The predicted octanol–water partition coefficient (Wildman–Crippen LogP) is -0.771. The zero-order valence-corrected chi connectivity index (χ0v) is 12.8. The first-order chi connectivity index (χ1) is 9.91. The quantitative estimate of drug-likeness (QED) is 0.687. The average Bonchev–Trinajstić information content (AvgIpc) is 2.84. The van der Waals surface area contributed by atoms with Gasteiger partial charge in [0, 0.05) is 17.2 Å². The molecule has 112 valence electrons. The van der Waals surface area contributed by atoms with Crippen molar-refractivity contribution < 1.29 is 14.7 Å². The van der Waals surface area contributed by atoms with E-state index in [0.29, 0.717) is 10.1 Å². The highest BCUT2D eigenvalue weighted by Crippen LogP contribution is 2.47. The molecule has 2 aliphatic heterocycles. The number of nitrogens with two attached hydrogens (primary N) is 1. The number of hydrogen-bond donors (Lipinski definition) is 2. The molecule has 2 aliphatic rings. The normalized spacial score (nSPS) is 28.4. The number of aryl methyl sites for hydroxylation is 1. The lowest BCUT2D eigenvalue weighted by molar-refractivity contribution is -0.147. The van der Waals surface area contributed by atoms with Gasteiger partial charge in [-0.15, -0.1) is 16.9 Å². The van der Waals surface area contributed by atoms with Crippen LogP contribution in [-0.2, 0) is 16.6 Å². The summed E-state index contributed by atoms with van der Waals surface area (Å²) in [6.45, 7) is 1.88. The number of fused-ring (bicyclic) bond motifs is 1. The molecule has 3 atom stereocenters. The Morgan fingerprint density at radius 1 is 1.52 bits per heavy atom. The molecule has 1 aromatic rings. The van der Waals surface area contributed by atoms with Crippen LogP contribution in [0.3, 0.4) is 0 Å². The highest BCUT2D eigenvalue weighted by Gasteiger charge is 2.53.